The lowest BCUT2D eigenvalue weighted by molar-refractivity contribution is 0.288. The van der Waals surface area contributed by atoms with Gasteiger partial charge in [0.2, 0.25) is 0 Å². The number of ether oxygens (including phenoxy) is 1. The molecule has 0 saturated carbocycles. The zero-order chi connectivity index (χ0) is 19.2. The molecule has 0 unspecified atom stereocenters. The van der Waals surface area contributed by atoms with Crippen LogP contribution in [0.25, 0.3) is 0 Å². The summed E-state index contributed by atoms with van der Waals surface area (Å²) in [5, 5.41) is 9.64. The van der Waals surface area contributed by atoms with Gasteiger partial charge >= 0.3 is 0 Å². The molecule has 2 aromatic carbocycles. The quantitative estimate of drug-likeness (QED) is 0.476. The molecule has 1 aromatic heterocycles. The van der Waals surface area contributed by atoms with Crippen molar-refractivity contribution in [3.8, 4) is 5.75 Å². The van der Waals surface area contributed by atoms with Gasteiger partial charge in [-0.3, -0.25) is 0 Å². The standard InChI is InChI=1S/C22H27N3OS/c1-5-25-21(14-26-20-12-10-19(11-13-20)16(2)3)23-24-22(25)27-15-18-8-6-17(4)7-9-18/h6-13,16H,5,14-15H2,1-4H3. The molecule has 3 rings (SSSR count). The average Bonchev–Trinajstić information content (AvgIpc) is 3.08. The molecule has 0 spiro atoms. The van der Waals surface area contributed by atoms with Crippen LogP contribution in [0.15, 0.2) is 53.7 Å². The van der Waals surface area contributed by atoms with E-state index in [0.29, 0.717) is 12.5 Å². The number of aryl methyl sites for hydroxylation is 1. The van der Waals surface area contributed by atoms with Crippen LogP contribution < -0.4 is 4.74 Å². The first-order chi connectivity index (χ1) is 13.1. The molecular weight excluding hydrogens is 354 g/mol. The molecule has 0 aliphatic heterocycles. The molecule has 0 aliphatic rings. The van der Waals surface area contributed by atoms with Crippen LogP contribution in [-0.4, -0.2) is 14.8 Å². The van der Waals surface area contributed by atoms with E-state index < -0.39 is 0 Å². The lowest BCUT2D eigenvalue weighted by Crippen LogP contribution is -2.07. The Morgan fingerprint density at radius 3 is 2.33 bits per heavy atom. The second-order valence-corrected chi connectivity index (χ2v) is 7.87. The zero-order valence-corrected chi connectivity index (χ0v) is 17.3. The van der Waals surface area contributed by atoms with E-state index in [1.165, 1.54) is 16.7 Å². The van der Waals surface area contributed by atoms with Gasteiger partial charge in [0.1, 0.15) is 12.4 Å². The summed E-state index contributed by atoms with van der Waals surface area (Å²) in [4.78, 5) is 0. The topological polar surface area (TPSA) is 39.9 Å². The van der Waals surface area contributed by atoms with E-state index in [-0.39, 0.29) is 0 Å². The van der Waals surface area contributed by atoms with E-state index >= 15 is 0 Å². The first kappa shape index (κ1) is 19.5. The van der Waals surface area contributed by atoms with Crippen molar-refractivity contribution in [2.45, 2.75) is 57.7 Å². The summed E-state index contributed by atoms with van der Waals surface area (Å²) in [6.45, 7) is 9.85. The molecule has 142 valence electrons. The molecule has 0 saturated heterocycles. The maximum Gasteiger partial charge on any atom is 0.191 e. The lowest BCUT2D eigenvalue weighted by atomic mass is 10.0. The van der Waals surface area contributed by atoms with Crippen LogP contribution in [0, 0.1) is 6.92 Å². The van der Waals surface area contributed by atoms with Crippen molar-refractivity contribution in [3.63, 3.8) is 0 Å². The van der Waals surface area contributed by atoms with E-state index in [0.717, 1.165) is 29.0 Å². The molecule has 5 heteroatoms. The van der Waals surface area contributed by atoms with Crippen LogP contribution in [-0.2, 0) is 18.9 Å². The fourth-order valence-corrected chi connectivity index (χ4v) is 3.76. The molecule has 4 nitrogen and oxygen atoms in total. The van der Waals surface area contributed by atoms with Crippen LogP contribution in [0.5, 0.6) is 5.75 Å². The van der Waals surface area contributed by atoms with Crippen LogP contribution in [0.3, 0.4) is 0 Å². The van der Waals surface area contributed by atoms with Gasteiger partial charge in [0, 0.05) is 12.3 Å². The molecule has 3 aromatic rings. The molecule has 27 heavy (non-hydrogen) atoms. The Morgan fingerprint density at radius 1 is 1.00 bits per heavy atom. The van der Waals surface area contributed by atoms with Gasteiger partial charge in [-0.05, 0) is 43.0 Å². The highest BCUT2D eigenvalue weighted by atomic mass is 32.2. The minimum absolute atomic E-state index is 0.424. The Labute approximate surface area is 166 Å². The normalized spacial score (nSPS) is 11.1. The SMILES string of the molecule is CCn1c(COc2ccc(C(C)C)cc2)nnc1SCc1ccc(C)cc1. The molecule has 0 radical (unpaired) electrons. The van der Waals surface area contributed by atoms with E-state index in [4.69, 9.17) is 4.74 Å². The number of nitrogens with zero attached hydrogens (tertiary/aromatic N) is 3. The highest BCUT2D eigenvalue weighted by Gasteiger charge is 2.12. The van der Waals surface area contributed by atoms with Crippen LogP contribution in [0.2, 0.25) is 0 Å². The fraction of sp³-hybridized carbons (Fsp3) is 0.364. The fourth-order valence-electron chi connectivity index (χ4n) is 2.78. The molecule has 0 N–H and O–H groups in total. The number of thioether (sulfide) groups is 1. The van der Waals surface area contributed by atoms with E-state index in [2.05, 4.69) is 78.9 Å². The highest BCUT2D eigenvalue weighted by molar-refractivity contribution is 7.98. The van der Waals surface area contributed by atoms with Gasteiger partial charge in [0.25, 0.3) is 0 Å². The van der Waals surface area contributed by atoms with Crippen LogP contribution in [0.4, 0.5) is 0 Å². The Kier molecular flexibility index (Phi) is 6.56. The second kappa shape index (κ2) is 9.09. The Balaban J connectivity index is 1.62. The van der Waals surface area contributed by atoms with Gasteiger partial charge in [-0.2, -0.15) is 0 Å². The van der Waals surface area contributed by atoms with Gasteiger partial charge in [0.05, 0.1) is 0 Å². The average molecular weight is 382 g/mol. The van der Waals surface area contributed by atoms with Crippen LogP contribution >= 0.6 is 11.8 Å². The summed E-state index contributed by atoms with van der Waals surface area (Å²) >= 11 is 1.71. The predicted molar refractivity (Wildman–Crippen MR) is 111 cm³/mol. The molecule has 0 amide bonds. The summed E-state index contributed by atoms with van der Waals surface area (Å²) in [6, 6.07) is 16.9. The third-order valence-electron chi connectivity index (χ3n) is 4.51. The third kappa shape index (κ3) is 5.13. The van der Waals surface area contributed by atoms with Crippen molar-refractivity contribution in [2.24, 2.45) is 0 Å². The Hall–Kier alpha value is -2.27. The van der Waals surface area contributed by atoms with Gasteiger partial charge in [-0.15, -0.1) is 10.2 Å². The summed E-state index contributed by atoms with van der Waals surface area (Å²) in [7, 11) is 0. The molecule has 0 atom stereocenters. The van der Waals surface area contributed by atoms with Gasteiger partial charge < -0.3 is 9.30 Å². The third-order valence-corrected chi connectivity index (χ3v) is 5.55. The predicted octanol–water partition coefficient (Wildman–Crippen LogP) is 5.60. The molecule has 0 bridgehead atoms. The number of benzene rings is 2. The zero-order valence-electron chi connectivity index (χ0n) is 16.5. The van der Waals surface area contributed by atoms with Crippen LogP contribution in [0.1, 0.15) is 49.2 Å². The van der Waals surface area contributed by atoms with E-state index in [1.54, 1.807) is 11.8 Å². The summed E-state index contributed by atoms with van der Waals surface area (Å²) in [5.41, 5.74) is 3.88. The number of hydrogen-bond acceptors (Lipinski definition) is 4. The number of rotatable bonds is 8. The summed E-state index contributed by atoms with van der Waals surface area (Å²) < 4.78 is 8.05. The van der Waals surface area contributed by atoms with Crippen molar-refractivity contribution in [3.05, 3.63) is 71.0 Å². The minimum atomic E-state index is 0.424. The van der Waals surface area contributed by atoms with Crippen molar-refractivity contribution < 1.29 is 4.74 Å². The highest BCUT2D eigenvalue weighted by Crippen LogP contribution is 2.23. The molecule has 0 aliphatic carbocycles. The first-order valence-electron chi connectivity index (χ1n) is 9.40. The maximum atomic E-state index is 5.93. The Bertz CT molecular complexity index is 854. The molecular formula is C22H27N3OS. The van der Waals surface area contributed by atoms with Crippen molar-refractivity contribution in [1.82, 2.24) is 14.8 Å². The molecule has 0 fully saturated rings. The van der Waals surface area contributed by atoms with Crippen molar-refractivity contribution >= 4 is 11.8 Å². The second-order valence-electron chi connectivity index (χ2n) is 6.93. The van der Waals surface area contributed by atoms with Gasteiger partial charge in [-0.1, -0.05) is 67.6 Å². The van der Waals surface area contributed by atoms with Crippen molar-refractivity contribution in [2.75, 3.05) is 0 Å². The smallest absolute Gasteiger partial charge is 0.191 e. The number of hydrogen-bond donors (Lipinski definition) is 0. The minimum Gasteiger partial charge on any atom is -0.486 e. The summed E-state index contributed by atoms with van der Waals surface area (Å²) in [6.07, 6.45) is 0. The van der Waals surface area contributed by atoms with E-state index in [1.807, 2.05) is 12.1 Å². The van der Waals surface area contributed by atoms with Gasteiger partial charge in [0.15, 0.2) is 11.0 Å². The first-order valence-corrected chi connectivity index (χ1v) is 10.4. The largest absolute Gasteiger partial charge is 0.486 e. The molecule has 1 heterocycles. The Morgan fingerprint density at radius 2 is 1.70 bits per heavy atom. The van der Waals surface area contributed by atoms with E-state index in [9.17, 15) is 0 Å². The maximum absolute atomic E-state index is 5.93. The van der Waals surface area contributed by atoms with Gasteiger partial charge in [-0.25, -0.2) is 0 Å². The monoisotopic (exact) mass is 381 g/mol. The number of aromatic nitrogens is 3. The summed E-state index contributed by atoms with van der Waals surface area (Å²) in [5.74, 6) is 3.13. The van der Waals surface area contributed by atoms with Crippen molar-refractivity contribution in [1.29, 1.82) is 0 Å². The lowest BCUT2D eigenvalue weighted by Gasteiger charge is -2.10.